The van der Waals surface area contributed by atoms with Crippen molar-refractivity contribution in [2.24, 2.45) is 0 Å². The number of amides is 2. The van der Waals surface area contributed by atoms with Gasteiger partial charge in [0.05, 0.1) is 11.1 Å². The number of rotatable bonds is 5. The van der Waals surface area contributed by atoms with Crippen molar-refractivity contribution in [3.8, 4) is 0 Å². The number of nitrogens with zero attached hydrogens (tertiary/aromatic N) is 1. The molecule has 23 heavy (non-hydrogen) atoms. The summed E-state index contributed by atoms with van der Waals surface area (Å²) in [6, 6.07) is 14.2. The number of carbonyl (C=O) groups excluding carboxylic acids is 3. The van der Waals surface area contributed by atoms with Gasteiger partial charge in [0.25, 0.3) is 11.8 Å². The van der Waals surface area contributed by atoms with E-state index in [1.54, 1.807) is 36.4 Å². The van der Waals surface area contributed by atoms with Gasteiger partial charge in [-0.1, -0.05) is 42.0 Å². The number of imide groups is 1. The average Bonchev–Trinajstić information content (AvgIpc) is 2.81. The molecule has 2 aromatic rings. The van der Waals surface area contributed by atoms with Crippen LogP contribution in [0.2, 0.25) is 0 Å². The van der Waals surface area contributed by atoms with Crippen molar-refractivity contribution in [3.05, 3.63) is 70.8 Å². The molecular weight excluding hydrogens is 290 g/mol. The SMILES string of the molecule is Cc1ccc(C(=O)CCCN2C(=O)c3ccccc3C2=O)cc1. The second-order valence-corrected chi connectivity index (χ2v) is 5.70. The number of aryl methyl sites for hydroxylation is 1. The minimum absolute atomic E-state index is 0.0293. The Balaban J connectivity index is 1.60. The minimum Gasteiger partial charge on any atom is -0.294 e. The molecular formula is C19H17NO3. The average molecular weight is 307 g/mol. The highest BCUT2D eigenvalue weighted by atomic mass is 16.2. The van der Waals surface area contributed by atoms with Gasteiger partial charge in [0.2, 0.25) is 0 Å². The number of benzene rings is 2. The first-order chi connectivity index (χ1) is 11.1. The first-order valence-electron chi connectivity index (χ1n) is 7.63. The van der Waals surface area contributed by atoms with Crippen LogP contribution in [0, 0.1) is 6.92 Å². The van der Waals surface area contributed by atoms with Crippen LogP contribution in [0.25, 0.3) is 0 Å². The third kappa shape index (κ3) is 2.93. The van der Waals surface area contributed by atoms with Crippen LogP contribution in [-0.2, 0) is 0 Å². The molecule has 2 aromatic carbocycles. The molecule has 116 valence electrons. The van der Waals surface area contributed by atoms with Crippen LogP contribution in [0.5, 0.6) is 0 Å². The van der Waals surface area contributed by atoms with E-state index in [9.17, 15) is 14.4 Å². The van der Waals surface area contributed by atoms with E-state index in [4.69, 9.17) is 0 Å². The molecule has 4 nitrogen and oxygen atoms in total. The lowest BCUT2D eigenvalue weighted by atomic mass is 10.1. The van der Waals surface area contributed by atoms with Gasteiger partial charge in [-0.3, -0.25) is 19.3 Å². The standard InChI is InChI=1S/C19H17NO3/c1-13-8-10-14(11-9-13)17(21)7-4-12-20-18(22)15-5-2-3-6-16(15)19(20)23/h2-3,5-6,8-11H,4,7,12H2,1H3. The summed E-state index contributed by atoms with van der Waals surface area (Å²) in [7, 11) is 0. The molecule has 0 bridgehead atoms. The van der Waals surface area contributed by atoms with Gasteiger partial charge in [-0.05, 0) is 25.5 Å². The molecule has 0 spiro atoms. The van der Waals surface area contributed by atoms with Crippen LogP contribution in [0.15, 0.2) is 48.5 Å². The normalized spacial score (nSPS) is 13.3. The zero-order chi connectivity index (χ0) is 16.4. The predicted octanol–water partition coefficient (Wildman–Crippen LogP) is 3.25. The van der Waals surface area contributed by atoms with E-state index in [1.165, 1.54) is 4.90 Å². The van der Waals surface area contributed by atoms with Gasteiger partial charge in [-0.25, -0.2) is 0 Å². The summed E-state index contributed by atoms with van der Waals surface area (Å²) < 4.78 is 0. The number of fused-ring (bicyclic) bond motifs is 1. The van der Waals surface area contributed by atoms with Crippen LogP contribution in [-0.4, -0.2) is 29.0 Å². The van der Waals surface area contributed by atoms with Crippen LogP contribution >= 0.6 is 0 Å². The van der Waals surface area contributed by atoms with Crippen molar-refractivity contribution in [2.45, 2.75) is 19.8 Å². The van der Waals surface area contributed by atoms with Crippen molar-refractivity contribution in [2.75, 3.05) is 6.54 Å². The summed E-state index contributed by atoms with van der Waals surface area (Å²) in [6.45, 7) is 2.24. The summed E-state index contributed by atoms with van der Waals surface area (Å²) in [4.78, 5) is 37.8. The molecule has 1 aliphatic rings. The van der Waals surface area contributed by atoms with Crippen molar-refractivity contribution < 1.29 is 14.4 Å². The van der Waals surface area contributed by atoms with Crippen LogP contribution < -0.4 is 0 Å². The number of carbonyl (C=O) groups is 3. The third-order valence-electron chi connectivity index (χ3n) is 4.04. The fourth-order valence-corrected chi connectivity index (χ4v) is 2.72. The topological polar surface area (TPSA) is 54.5 Å². The largest absolute Gasteiger partial charge is 0.294 e. The lowest BCUT2D eigenvalue weighted by Gasteiger charge is -2.13. The van der Waals surface area contributed by atoms with E-state index < -0.39 is 0 Å². The summed E-state index contributed by atoms with van der Waals surface area (Å²) in [6.07, 6.45) is 0.786. The van der Waals surface area contributed by atoms with Gasteiger partial charge in [0, 0.05) is 18.5 Å². The number of ketones is 1. The van der Waals surface area contributed by atoms with Crippen LogP contribution in [0.4, 0.5) is 0 Å². The first kappa shape index (κ1) is 15.2. The lowest BCUT2D eigenvalue weighted by molar-refractivity contribution is 0.0647. The zero-order valence-corrected chi connectivity index (χ0v) is 12.9. The summed E-state index contributed by atoms with van der Waals surface area (Å²) in [5, 5.41) is 0. The minimum atomic E-state index is -0.270. The molecule has 4 heteroatoms. The highest BCUT2D eigenvalue weighted by molar-refractivity contribution is 6.21. The van der Waals surface area contributed by atoms with Gasteiger partial charge in [-0.2, -0.15) is 0 Å². The molecule has 3 rings (SSSR count). The van der Waals surface area contributed by atoms with Gasteiger partial charge in [-0.15, -0.1) is 0 Å². The monoisotopic (exact) mass is 307 g/mol. The molecule has 1 aliphatic heterocycles. The van der Waals surface area contributed by atoms with Crippen LogP contribution in [0.1, 0.15) is 49.5 Å². The van der Waals surface area contributed by atoms with E-state index in [0.717, 1.165) is 5.56 Å². The fourth-order valence-electron chi connectivity index (χ4n) is 2.72. The Hall–Kier alpha value is -2.75. The smallest absolute Gasteiger partial charge is 0.261 e. The number of Topliss-reactive ketones (excluding diaryl/α,β-unsaturated/α-hetero) is 1. The molecule has 0 unspecified atom stereocenters. The summed E-state index contributed by atoms with van der Waals surface area (Å²) in [5.41, 5.74) is 2.66. The highest BCUT2D eigenvalue weighted by Crippen LogP contribution is 2.22. The highest BCUT2D eigenvalue weighted by Gasteiger charge is 2.34. The maximum atomic E-state index is 12.2. The van der Waals surface area contributed by atoms with Gasteiger partial charge in [0.1, 0.15) is 0 Å². The molecule has 0 N–H and O–H groups in total. The van der Waals surface area contributed by atoms with E-state index in [-0.39, 0.29) is 24.1 Å². The van der Waals surface area contributed by atoms with Gasteiger partial charge < -0.3 is 0 Å². The molecule has 2 amide bonds. The van der Waals surface area contributed by atoms with Crippen molar-refractivity contribution >= 4 is 17.6 Å². The fraction of sp³-hybridized carbons (Fsp3) is 0.211. The zero-order valence-electron chi connectivity index (χ0n) is 12.9. The Morgan fingerprint density at radius 3 is 2.04 bits per heavy atom. The second kappa shape index (κ2) is 6.16. The predicted molar refractivity (Wildman–Crippen MR) is 86.6 cm³/mol. The molecule has 0 saturated heterocycles. The van der Waals surface area contributed by atoms with E-state index >= 15 is 0 Å². The Morgan fingerprint density at radius 2 is 1.48 bits per heavy atom. The Morgan fingerprint density at radius 1 is 0.913 bits per heavy atom. The Labute approximate surface area is 134 Å². The van der Waals surface area contributed by atoms with Crippen LogP contribution in [0.3, 0.4) is 0 Å². The molecule has 0 fully saturated rings. The first-order valence-corrected chi connectivity index (χ1v) is 7.63. The quantitative estimate of drug-likeness (QED) is 0.629. The van der Waals surface area contributed by atoms with Crippen molar-refractivity contribution in [1.29, 1.82) is 0 Å². The van der Waals surface area contributed by atoms with E-state index in [1.807, 2.05) is 19.1 Å². The molecule has 0 atom stereocenters. The lowest BCUT2D eigenvalue weighted by Crippen LogP contribution is -2.31. The second-order valence-electron chi connectivity index (χ2n) is 5.70. The van der Waals surface area contributed by atoms with Gasteiger partial charge >= 0.3 is 0 Å². The summed E-state index contributed by atoms with van der Waals surface area (Å²) >= 11 is 0. The molecule has 1 heterocycles. The Bertz CT molecular complexity index is 742. The maximum Gasteiger partial charge on any atom is 0.261 e. The van der Waals surface area contributed by atoms with E-state index in [0.29, 0.717) is 29.5 Å². The maximum absolute atomic E-state index is 12.2. The summed E-state index contributed by atoms with van der Waals surface area (Å²) in [5.74, 6) is -0.511. The number of hydrogen-bond acceptors (Lipinski definition) is 3. The Kier molecular flexibility index (Phi) is 4.06. The molecule has 0 aromatic heterocycles. The van der Waals surface area contributed by atoms with E-state index in [2.05, 4.69) is 0 Å². The van der Waals surface area contributed by atoms with Gasteiger partial charge in [0.15, 0.2) is 5.78 Å². The van der Waals surface area contributed by atoms with Crippen molar-refractivity contribution in [3.63, 3.8) is 0 Å². The molecule has 0 aliphatic carbocycles. The molecule has 0 saturated carbocycles. The molecule has 0 radical (unpaired) electrons. The van der Waals surface area contributed by atoms with Crippen molar-refractivity contribution in [1.82, 2.24) is 4.90 Å². The third-order valence-corrected chi connectivity index (χ3v) is 4.04. The number of hydrogen-bond donors (Lipinski definition) is 0.